The van der Waals surface area contributed by atoms with Gasteiger partial charge in [0.15, 0.2) is 0 Å². The summed E-state index contributed by atoms with van der Waals surface area (Å²) in [6.07, 6.45) is 1.83. The van der Waals surface area contributed by atoms with Crippen LogP contribution in [0.3, 0.4) is 0 Å². The average molecular weight is 250 g/mol. The van der Waals surface area contributed by atoms with Gasteiger partial charge < -0.3 is 15.7 Å². The Morgan fingerprint density at radius 2 is 2.22 bits per heavy atom. The van der Waals surface area contributed by atoms with Crippen molar-refractivity contribution < 1.29 is 9.90 Å². The molecule has 4 heteroatoms. The molecule has 4 nitrogen and oxygen atoms in total. The van der Waals surface area contributed by atoms with Crippen LogP contribution in [0.2, 0.25) is 0 Å². The van der Waals surface area contributed by atoms with Crippen LogP contribution >= 0.6 is 0 Å². The van der Waals surface area contributed by atoms with Crippen molar-refractivity contribution in [3.05, 3.63) is 29.8 Å². The zero-order valence-corrected chi connectivity index (χ0v) is 10.9. The summed E-state index contributed by atoms with van der Waals surface area (Å²) in [5.41, 5.74) is 7.51. The maximum absolute atomic E-state index is 12.0. The second-order valence-electron chi connectivity index (χ2n) is 4.30. The maximum Gasteiger partial charge on any atom is 0.222 e. The number of anilines is 1. The zero-order chi connectivity index (χ0) is 13.4. The third-order valence-electron chi connectivity index (χ3n) is 2.90. The summed E-state index contributed by atoms with van der Waals surface area (Å²) in [6, 6.07) is 7.62. The molecular weight excluding hydrogens is 228 g/mol. The molecule has 1 amide bonds. The molecule has 1 aromatic rings. The van der Waals surface area contributed by atoms with Crippen LogP contribution in [0.5, 0.6) is 0 Å². The second-order valence-corrected chi connectivity index (χ2v) is 4.30. The molecule has 0 aliphatic rings. The first-order valence-electron chi connectivity index (χ1n) is 6.40. The fraction of sp³-hybridized carbons (Fsp3) is 0.500. The quantitative estimate of drug-likeness (QED) is 0.719. The van der Waals surface area contributed by atoms with E-state index in [1.165, 1.54) is 0 Å². The minimum absolute atomic E-state index is 0.124. The van der Waals surface area contributed by atoms with E-state index >= 15 is 0 Å². The van der Waals surface area contributed by atoms with E-state index in [-0.39, 0.29) is 12.5 Å². The summed E-state index contributed by atoms with van der Waals surface area (Å²) >= 11 is 0. The van der Waals surface area contributed by atoms with Gasteiger partial charge in [-0.1, -0.05) is 12.1 Å². The molecule has 0 fully saturated rings. The number of hydrogen-bond acceptors (Lipinski definition) is 3. The molecule has 0 radical (unpaired) electrons. The highest BCUT2D eigenvalue weighted by Gasteiger charge is 2.10. The second kappa shape index (κ2) is 7.71. The Kier molecular flexibility index (Phi) is 6.22. The molecule has 3 N–H and O–H groups in total. The molecule has 0 saturated carbocycles. The Morgan fingerprint density at radius 3 is 2.83 bits per heavy atom. The fourth-order valence-electron chi connectivity index (χ4n) is 1.88. The van der Waals surface area contributed by atoms with Crippen molar-refractivity contribution in [1.82, 2.24) is 4.90 Å². The molecule has 0 saturated heterocycles. The third kappa shape index (κ3) is 4.75. The molecule has 100 valence electrons. The lowest BCUT2D eigenvalue weighted by Gasteiger charge is -2.20. The van der Waals surface area contributed by atoms with Gasteiger partial charge >= 0.3 is 0 Å². The monoisotopic (exact) mass is 250 g/mol. The van der Waals surface area contributed by atoms with E-state index in [2.05, 4.69) is 0 Å². The first-order valence-corrected chi connectivity index (χ1v) is 6.40. The summed E-state index contributed by atoms with van der Waals surface area (Å²) in [5, 5.41) is 8.78. The van der Waals surface area contributed by atoms with E-state index in [0.717, 1.165) is 11.3 Å². The highest BCUT2D eigenvalue weighted by Crippen LogP contribution is 2.09. The Labute approximate surface area is 108 Å². The normalized spacial score (nSPS) is 10.3. The molecule has 0 aliphatic heterocycles. The number of aliphatic hydroxyl groups excluding tert-OH is 1. The minimum atomic E-state index is 0.124. The van der Waals surface area contributed by atoms with Crippen molar-refractivity contribution in [2.45, 2.75) is 26.2 Å². The molecule has 0 aromatic heterocycles. The lowest BCUT2D eigenvalue weighted by Crippen LogP contribution is -2.32. The van der Waals surface area contributed by atoms with Crippen molar-refractivity contribution in [2.75, 3.05) is 25.4 Å². The zero-order valence-electron chi connectivity index (χ0n) is 10.9. The van der Waals surface area contributed by atoms with Gasteiger partial charge in [-0.3, -0.25) is 4.79 Å². The van der Waals surface area contributed by atoms with Gasteiger partial charge in [0.2, 0.25) is 5.91 Å². The number of rotatable bonds is 7. The largest absolute Gasteiger partial charge is 0.399 e. The Balaban J connectivity index is 2.44. The van der Waals surface area contributed by atoms with E-state index in [9.17, 15) is 4.79 Å². The molecular formula is C14H22N2O2. The number of nitrogens with zero attached hydrogens (tertiary/aromatic N) is 1. The number of benzene rings is 1. The first kappa shape index (κ1) is 14.5. The molecule has 0 aliphatic carbocycles. The van der Waals surface area contributed by atoms with Gasteiger partial charge in [-0.2, -0.15) is 0 Å². The van der Waals surface area contributed by atoms with Gasteiger partial charge in [-0.05, 0) is 37.5 Å². The van der Waals surface area contributed by atoms with Gasteiger partial charge in [0, 0.05) is 31.8 Å². The summed E-state index contributed by atoms with van der Waals surface area (Å²) in [6.45, 7) is 3.40. The van der Waals surface area contributed by atoms with E-state index in [1.54, 1.807) is 4.90 Å². The summed E-state index contributed by atoms with van der Waals surface area (Å²) in [4.78, 5) is 13.7. The molecule has 0 unspecified atom stereocenters. The van der Waals surface area contributed by atoms with Crippen LogP contribution < -0.4 is 5.73 Å². The number of amides is 1. The molecule has 0 atom stereocenters. The van der Waals surface area contributed by atoms with Gasteiger partial charge in [0.1, 0.15) is 0 Å². The predicted molar refractivity (Wildman–Crippen MR) is 73.1 cm³/mol. The van der Waals surface area contributed by atoms with Crippen molar-refractivity contribution in [2.24, 2.45) is 0 Å². The Bertz CT molecular complexity index is 380. The average Bonchev–Trinajstić information content (AvgIpc) is 2.37. The van der Waals surface area contributed by atoms with Crippen molar-refractivity contribution >= 4 is 11.6 Å². The van der Waals surface area contributed by atoms with Crippen LogP contribution in [0.4, 0.5) is 5.69 Å². The van der Waals surface area contributed by atoms with Crippen molar-refractivity contribution in [3.63, 3.8) is 0 Å². The van der Waals surface area contributed by atoms with Gasteiger partial charge in [-0.15, -0.1) is 0 Å². The number of aliphatic hydroxyl groups is 1. The molecule has 1 aromatic carbocycles. The summed E-state index contributed by atoms with van der Waals surface area (Å²) in [5.74, 6) is 0.133. The molecule has 18 heavy (non-hydrogen) atoms. The Hall–Kier alpha value is -1.55. The molecule has 0 heterocycles. The summed E-state index contributed by atoms with van der Waals surface area (Å²) in [7, 11) is 0. The van der Waals surface area contributed by atoms with Crippen LogP contribution in [0.25, 0.3) is 0 Å². The first-order chi connectivity index (χ1) is 8.67. The number of aryl methyl sites for hydroxylation is 1. The number of nitrogens with two attached hydrogens (primary N) is 1. The standard InChI is InChI=1S/C14H22N2O2/c1-2-16(9-4-10-17)14(18)8-7-12-5-3-6-13(15)11-12/h3,5-6,11,17H,2,4,7-10,15H2,1H3. The number of carbonyl (C=O) groups excluding carboxylic acids is 1. The van der Waals surface area contributed by atoms with Crippen LogP contribution in [-0.4, -0.2) is 35.6 Å². The molecule has 1 rings (SSSR count). The van der Waals surface area contributed by atoms with Crippen molar-refractivity contribution in [3.8, 4) is 0 Å². The lowest BCUT2D eigenvalue weighted by molar-refractivity contribution is -0.131. The van der Waals surface area contributed by atoms with Crippen LogP contribution in [0, 0.1) is 0 Å². The Morgan fingerprint density at radius 1 is 1.44 bits per heavy atom. The van der Waals surface area contributed by atoms with Crippen molar-refractivity contribution in [1.29, 1.82) is 0 Å². The number of carbonyl (C=O) groups is 1. The lowest BCUT2D eigenvalue weighted by atomic mass is 10.1. The van der Waals surface area contributed by atoms with Gasteiger partial charge in [0.05, 0.1) is 0 Å². The van der Waals surface area contributed by atoms with Gasteiger partial charge in [0.25, 0.3) is 0 Å². The molecule has 0 spiro atoms. The smallest absolute Gasteiger partial charge is 0.222 e. The highest BCUT2D eigenvalue weighted by molar-refractivity contribution is 5.76. The number of hydrogen-bond donors (Lipinski definition) is 2. The summed E-state index contributed by atoms with van der Waals surface area (Å²) < 4.78 is 0. The van der Waals surface area contributed by atoms with Crippen LogP contribution in [0.15, 0.2) is 24.3 Å². The maximum atomic E-state index is 12.0. The fourth-order valence-corrected chi connectivity index (χ4v) is 1.88. The minimum Gasteiger partial charge on any atom is -0.399 e. The van der Waals surface area contributed by atoms with E-state index in [0.29, 0.717) is 32.4 Å². The topological polar surface area (TPSA) is 66.6 Å². The predicted octanol–water partition coefficient (Wildman–Crippen LogP) is 1.43. The van der Waals surface area contributed by atoms with Crippen LogP contribution in [0.1, 0.15) is 25.3 Å². The van der Waals surface area contributed by atoms with Crippen LogP contribution in [-0.2, 0) is 11.2 Å². The third-order valence-corrected chi connectivity index (χ3v) is 2.90. The molecule has 0 bridgehead atoms. The number of nitrogen functional groups attached to an aromatic ring is 1. The SMILES string of the molecule is CCN(CCCO)C(=O)CCc1cccc(N)c1. The highest BCUT2D eigenvalue weighted by atomic mass is 16.3. The van der Waals surface area contributed by atoms with E-state index < -0.39 is 0 Å². The van der Waals surface area contributed by atoms with E-state index in [4.69, 9.17) is 10.8 Å². The van der Waals surface area contributed by atoms with E-state index in [1.807, 2.05) is 31.2 Å². The van der Waals surface area contributed by atoms with Gasteiger partial charge in [-0.25, -0.2) is 0 Å².